The highest BCUT2D eigenvalue weighted by Crippen LogP contribution is 2.17. The molecule has 1 heterocycles. The van der Waals surface area contributed by atoms with Gasteiger partial charge in [0.15, 0.2) is 0 Å². The van der Waals surface area contributed by atoms with E-state index in [0.717, 1.165) is 16.9 Å². The Morgan fingerprint density at radius 3 is 2.89 bits per heavy atom. The maximum atomic E-state index is 12.3. The number of carbonyl (C=O) groups is 1. The SMILES string of the molecule is Cc1[nH]ncc1C(=O)N(C)c1cccc(CN)c1. The Morgan fingerprint density at radius 2 is 2.28 bits per heavy atom. The van der Waals surface area contributed by atoms with E-state index in [2.05, 4.69) is 10.2 Å². The number of aryl methyl sites for hydroxylation is 1. The number of nitrogens with zero attached hydrogens (tertiary/aromatic N) is 2. The number of hydrogen-bond donors (Lipinski definition) is 2. The lowest BCUT2D eigenvalue weighted by molar-refractivity contribution is 0.0992. The van der Waals surface area contributed by atoms with Gasteiger partial charge in [-0.2, -0.15) is 5.10 Å². The molecule has 0 unspecified atom stereocenters. The fraction of sp³-hybridized carbons (Fsp3) is 0.231. The van der Waals surface area contributed by atoms with Gasteiger partial charge in [0.25, 0.3) is 5.91 Å². The molecule has 0 aliphatic heterocycles. The van der Waals surface area contributed by atoms with Gasteiger partial charge in [-0.25, -0.2) is 0 Å². The molecule has 1 aromatic heterocycles. The quantitative estimate of drug-likeness (QED) is 0.858. The Hall–Kier alpha value is -2.14. The molecule has 0 spiro atoms. The Bertz CT molecular complexity index is 562. The fourth-order valence-electron chi connectivity index (χ4n) is 1.76. The number of nitrogens with two attached hydrogens (primary N) is 1. The fourth-order valence-corrected chi connectivity index (χ4v) is 1.76. The summed E-state index contributed by atoms with van der Waals surface area (Å²) >= 11 is 0. The lowest BCUT2D eigenvalue weighted by atomic mass is 10.1. The number of nitrogens with one attached hydrogen (secondary N) is 1. The van der Waals surface area contributed by atoms with Gasteiger partial charge in [-0.1, -0.05) is 12.1 Å². The average Bonchev–Trinajstić information content (AvgIpc) is 2.83. The molecule has 0 bridgehead atoms. The number of aromatic nitrogens is 2. The van der Waals surface area contributed by atoms with Crippen LogP contribution < -0.4 is 10.6 Å². The summed E-state index contributed by atoms with van der Waals surface area (Å²) in [5.74, 6) is -0.0876. The van der Waals surface area contributed by atoms with Crippen LogP contribution in [0, 0.1) is 6.92 Å². The Balaban J connectivity index is 2.28. The van der Waals surface area contributed by atoms with Crippen molar-refractivity contribution in [3.63, 3.8) is 0 Å². The predicted octanol–water partition coefficient (Wildman–Crippen LogP) is 1.45. The second-order valence-electron chi connectivity index (χ2n) is 4.15. The van der Waals surface area contributed by atoms with Crippen molar-refractivity contribution in [2.45, 2.75) is 13.5 Å². The first-order valence-corrected chi connectivity index (χ1v) is 5.70. The van der Waals surface area contributed by atoms with Crippen LogP contribution in [0.15, 0.2) is 30.5 Å². The summed E-state index contributed by atoms with van der Waals surface area (Å²) in [7, 11) is 1.74. The third kappa shape index (κ3) is 2.26. The van der Waals surface area contributed by atoms with E-state index in [4.69, 9.17) is 5.73 Å². The van der Waals surface area contributed by atoms with Gasteiger partial charge in [0, 0.05) is 25.0 Å². The number of rotatable bonds is 3. The number of aromatic amines is 1. The number of anilines is 1. The molecule has 0 radical (unpaired) electrons. The van der Waals surface area contributed by atoms with Gasteiger partial charge in [-0.15, -0.1) is 0 Å². The third-order valence-electron chi connectivity index (χ3n) is 2.90. The number of amides is 1. The maximum absolute atomic E-state index is 12.3. The molecule has 18 heavy (non-hydrogen) atoms. The predicted molar refractivity (Wildman–Crippen MR) is 70.4 cm³/mol. The number of benzene rings is 1. The number of H-pyrrole nitrogens is 1. The molecule has 3 N–H and O–H groups in total. The molecule has 0 aliphatic rings. The van der Waals surface area contributed by atoms with Gasteiger partial charge in [-0.05, 0) is 24.6 Å². The lowest BCUT2D eigenvalue weighted by Crippen LogP contribution is -2.26. The Labute approximate surface area is 106 Å². The molecule has 2 rings (SSSR count). The van der Waals surface area contributed by atoms with Gasteiger partial charge < -0.3 is 10.6 Å². The highest BCUT2D eigenvalue weighted by molar-refractivity contribution is 6.06. The van der Waals surface area contributed by atoms with Gasteiger partial charge >= 0.3 is 0 Å². The molecule has 5 heteroatoms. The second kappa shape index (κ2) is 5.01. The molecule has 94 valence electrons. The van der Waals surface area contributed by atoms with Crippen LogP contribution in [0.1, 0.15) is 21.6 Å². The number of hydrogen-bond acceptors (Lipinski definition) is 3. The summed E-state index contributed by atoms with van der Waals surface area (Å²) in [6.45, 7) is 2.28. The van der Waals surface area contributed by atoms with Crippen molar-refractivity contribution in [3.05, 3.63) is 47.3 Å². The minimum absolute atomic E-state index is 0.0876. The van der Waals surface area contributed by atoms with Crippen LogP contribution in [0.2, 0.25) is 0 Å². The van der Waals surface area contributed by atoms with Crippen molar-refractivity contribution in [1.82, 2.24) is 10.2 Å². The van der Waals surface area contributed by atoms with E-state index < -0.39 is 0 Å². The minimum atomic E-state index is -0.0876. The smallest absolute Gasteiger partial charge is 0.261 e. The summed E-state index contributed by atoms with van der Waals surface area (Å²) in [5, 5.41) is 6.62. The first kappa shape index (κ1) is 12.3. The molecule has 2 aromatic rings. The van der Waals surface area contributed by atoms with Crippen molar-refractivity contribution in [2.24, 2.45) is 5.73 Å². The summed E-state index contributed by atoms with van der Waals surface area (Å²) in [5.41, 5.74) is 8.76. The first-order valence-electron chi connectivity index (χ1n) is 5.70. The van der Waals surface area contributed by atoms with E-state index in [1.807, 2.05) is 31.2 Å². The second-order valence-corrected chi connectivity index (χ2v) is 4.15. The van der Waals surface area contributed by atoms with Crippen molar-refractivity contribution < 1.29 is 4.79 Å². The molecule has 5 nitrogen and oxygen atoms in total. The van der Waals surface area contributed by atoms with E-state index in [-0.39, 0.29) is 5.91 Å². The molecule has 1 amide bonds. The van der Waals surface area contributed by atoms with Gasteiger partial charge in [0.1, 0.15) is 0 Å². The van der Waals surface area contributed by atoms with Crippen LogP contribution in [0.3, 0.4) is 0 Å². The van der Waals surface area contributed by atoms with E-state index in [9.17, 15) is 4.79 Å². The molecular weight excluding hydrogens is 228 g/mol. The van der Waals surface area contributed by atoms with E-state index in [0.29, 0.717) is 12.1 Å². The van der Waals surface area contributed by atoms with Crippen molar-refractivity contribution in [1.29, 1.82) is 0 Å². The molecule has 0 fully saturated rings. The van der Waals surface area contributed by atoms with Gasteiger partial charge in [-0.3, -0.25) is 9.89 Å². The minimum Gasteiger partial charge on any atom is -0.326 e. The van der Waals surface area contributed by atoms with Crippen molar-refractivity contribution in [3.8, 4) is 0 Å². The monoisotopic (exact) mass is 244 g/mol. The van der Waals surface area contributed by atoms with Crippen LogP contribution in [-0.4, -0.2) is 23.2 Å². The zero-order chi connectivity index (χ0) is 13.1. The van der Waals surface area contributed by atoms with Crippen LogP contribution in [-0.2, 0) is 6.54 Å². The largest absolute Gasteiger partial charge is 0.326 e. The Morgan fingerprint density at radius 1 is 1.50 bits per heavy atom. The normalized spacial score (nSPS) is 10.4. The standard InChI is InChI=1S/C13H16N4O/c1-9-12(8-15-16-9)13(18)17(2)11-5-3-4-10(6-11)7-14/h3-6,8H,7,14H2,1-2H3,(H,15,16). The molecular formula is C13H16N4O. The molecule has 0 saturated carbocycles. The van der Waals surface area contributed by atoms with Gasteiger partial charge in [0.2, 0.25) is 0 Å². The maximum Gasteiger partial charge on any atom is 0.261 e. The van der Waals surface area contributed by atoms with E-state index >= 15 is 0 Å². The lowest BCUT2D eigenvalue weighted by Gasteiger charge is -2.17. The summed E-state index contributed by atoms with van der Waals surface area (Å²) in [4.78, 5) is 13.9. The Kier molecular flexibility index (Phi) is 3.43. The van der Waals surface area contributed by atoms with Crippen molar-refractivity contribution >= 4 is 11.6 Å². The first-order chi connectivity index (χ1) is 8.63. The topological polar surface area (TPSA) is 75.0 Å². The molecule has 0 saturated heterocycles. The zero-order valence-electron chi connectivity index (χ0n) is 10.5. The summed E-state index contributed by atoms with van der Waals surface area (Å²) < 4.78 is 0. The van der Waals surface area contributed by atoms with Crippen LogP contribution in [0.5, 0.6) is 0 Å². The summed E-state index contributed by atoms with van der Waals surface area (Å²) in [6, 6.07) is 7.62. The highest BCUT2D eigenvalue weighted by Gasteiger charge is 2.16. The average molecular weight is 244 g/mol. The van der Waals surface area contributed by atoms with Crippen LogP contribution in [0.25, 0.3) is 0 Å². The zero-order valence-corrected chi connectivity index (χ0v) is 10.5. The highest BCUT2D eigenvalue weighted by atomic mass is 16.2. The molecule has 0 aliphatic carbocycles. The van der Waals surface area contributed by atoms with E-state index in [1.165, 1.54) is 0 Å². The van der Waals surface area contributed by atoms with Crippen LogP contribution >= 0.6 is 0 Å². The van der Waals surface area contributed by atoms with Crippen LogP contribution in [0.4, 0.5) is 5.69 Å². The number of carbonyl (C=O) groups excluding carboxylic acids is 1. The molecule has 0 atom stereocenters. The van der Waals surface area contributed by atoms with Crippen molar-refractivity contribution in [2.75, 3.05) is 11.9 Å². The van der Waals surface area contributed by atoms with Gasteiger partial charge in [0.05, 0.1) is 11.8 Å². The summed E-state index contributed by atoms with van der Waals surface area (Å²) in [6.07, 6.45) is 1.54. The molecule has 1 aromatic carbocycles. The third-order valence-corrected chi connectivity index (χ3v) is 2.90. The van der Waals surface area contributed by atoms with E-state index in [1.54, 1.807) is 18.1 Å².